The van der Waals surface area contributed by atoms with E-state index in [1.807, 2.05) is 18.2 Å². The number of halogens is 1. The van der Waals surface area contributed by atoms with E-state index in [4.69, 9.17) is 5.73 Å². The lowest BCUT2D eigenvalue weighted by Gasteiger charge is -2.14. The zero-order chi connectivity index (χ0) is 9.69. The normalized spacial score (nSPS) is 30.2. The molecule has 1 saturated carbocycles. The summed E-state index contributed by atoms with van der Waals surface area (Å²) in [4.78, 5) is 4.39. The average molecular weight is 241 g/mol. The Bertz CT molecular complexity index is 349. The number of hydrogen-bond donors (Lipinski definition) is 1. The second-order valence-electron chi connectivity index (χ2n) is 4.38. The summed E-state index contributed by atoms with van der Waals surface area (Å²) in [6.07, 6.45) is 1.02. The third-order valence-electron chi connectivity index (χ3n) is 2.98. The molecular weight excluding hydrogens is 228 g/mol. The van der Waals surface area contributed by atoms with Crippen molar-refractivity contribution in [3.8, 4) is 0 Å². The molecule has 1 heterocycles. The first-order chi connectivity index (χ1) is 5.96. The summed E-state index contributed by atoms with van der Waals surface area (Å²) in [5, 5.41) is 0. The predicted molar refractivity (Wildman–Crippen MR) is 56.2 cm³/mol. The van der Waals surface area contributed by atoms with Crippen molar-refractivity contribution >= 4 is 15.9 Å². The third kappa shape index (κ3) is 1.30. The average Bonchev–Trinajstić information content (AvgIpc) is 2.53. The Labute approximate surface area is 86.7 Å². The maximum Gasteiger partial charge on any atom is 0.106 e. The van der Waals surface area contributed by atoms with E-state index in [0.717, 1.165) is 16.7 Å². The standard InChI is InChI=1S/C10H13BrN2/c1-9(2)6-10(9,12)7-4-3-5-8(11)13-7/h3-5H,6,12H2,1-2H3. The molecular formula is C10H13BrN2. The van der Waals surface area contributed by atoms with E-state index in [2.05, 4.69) is 34.8 Å². The molecule has 0 spiro atoms. The molecule has 2 rings (SSSR count). The fraction of sp³-hybridized carbons (Fsp3) is 0.500. The van der Waals surface area contributed by atoms with E-state index in [0.29, 0.717) is 0 Å². The largest absolute Gasteiger partial charge is 0.320 e. The molecule has 2 nitrogen and oxygen atoms in total. The molecule has 1 fully saturated rings. The molecule has 0 amide bonds. The summed E-state index contributed by atoms with van der Waals surface area (Å²) >= 11 is 3.35. The molecule has 1 aromatic rings. The van der Waals surface area contributed by atoms with Crippen LogP contribution < -0.4 is 5.73 Å². The first-order valence-corrected chi connectivity index (χ1v) is 5.17. The van der Waals surface area contributed by atoms with Gasteiger partial charge in [0.25, 0.3) is 0 Å². The van der Waals surface area contributed by atoms with Gasteiger partial charge in [0, 0.05) is 0 Å². The van der Waals surface area contributed by atoms with Gasteiger partial charge in [0.15, 0.2) is 0 Å². The number of nitrogens with zero attached hydrogens (tertiary/aromatic N) is 1. The van der Waals surface area contributed by atoms with Gasteiger partial charge in [0.2, 0.25) is 0 Å². The van der Waals surface area contributed by atoms with Crippen LogP contribution in [0.4, 0.5) is 0 Å². The fourth-order valence-electron chi connectivity index (χ4n) is 1.75. The van der Waals surface area contributed by atoms with Gasteiger partial charge in [-0.25, -0.2) is 4.98 Å². The molecule has 70 valence electrons. The van der Waals surface area contributed by atoms with E-state index in [1.165, 1.54) is 0 Å². The lowest BCUT2D eigenvalue weighted by Crippen LogP contribution is -2.26. The van der Waals surface area contributed by atoms with Crippen LogP contribution in [0.1, 0.15) is 26.0 Å². The molecule has 1 unspecified atom stereocenters. The lowest BCUT2D eigenvalue weighted by molar-refractivity contribution is 0.499. The van der Waals surface area contributed by atoms with Gasteiger partial charge in [0.1, 0.15) is 4.60 Å². The summed E-state index contributed by atoms with van der Waals surface area (Å²) in [5.41, 5.74) is 7.21. The van der Waals surface area contributed by atoms with Crippen molar-refractivity contribution in [2.45, 2.75) is 25.8 Å². The molecule has 0 bridgehead atoms. The second kappa shape index (κ2) is 2.55. The first-order valence-electron chi connectivity index (χ1n) is 4.38. The van der Waals surface area contributed by atoms with Crippen LogP contribution in [0.25, 0.3) is 0 Å². The van der Waals surface area contributed by atoms with Gasteiger partial charge in [-0.2, -0.15) is 0 Å². The number of hydrogen-bond acceptors (Lipinski definition) is 2. The van der Waals surface area contributed by atoms with Crippen molar-refractivity contribution in [2.75, 3.05) is 0 Å². The van der Waals surface area contributed by atoms with Gasteiger partial charge in [-0.1, -0.05) is 19.9 Å². The molecule has 13 heavy (non-hydrogen) atoms. The van der Waals surface area contributed by atoms with Crippen LogP contribution in [-0.2, 0) is 5.54 Å². The van der Waals surface area contributed by atoms with Gasteiger partial charge in [-0.05, 0) is 39.9 Å². The van der Waals surface area contributed by atoms with Crippen LogP contribution in [0, 0.1) is 5.41 Å². The van der Waals surface area contributed by atoms with Gasteiger partial charge in [-0.15, -0.1) is 0 Å². The van der Waals surface area contributed by atoms with E-state index in [-0.39, 0.29) is 11.0 Å². The molecule has 1 aromatic heterocycles. The quantitative estimate of drug-likeness (QED) is 0.767. The highest BCUT2D eigenvalue weighted by Crippen LogP contribution is 2.59. The van der Waals surface area contributed by atoms with Crippen molar-refractivity contribution in [3.63, 3.8) is 0 Å². The van der Waals surface area contributed by atoms with Crippen LogP contribution >= 0.6 is 15.9 Å². The number of aromatic nitrogens is 1. The molecule has 3 heteroatoms. The Balaban J connectivity index is 2.38. The van der Waals surface area contributed by atoms with E-state index < -0.39 is 0 Å². The Morgan fingerprint density at radius 2 is 2.08 bits per heavy atom. The molecule has 1 aliphatic carbocycles. The van der Waals surface area contributed by atoms with E-state index in [9.17, 15) is 0 Å². The minimum Gasteiger partial charge on any atom is -0.320 e. The molecule has 0 aromatic carbocycles. The monoisotopic (exact) mass is 240 g/mol. The zero-order valence-corrected chi connectivity index (χ0v) is 9.43. The topological polar surface area (TPSA) is 38.9 Å². The predicted octanol–water partition coefficient (Wildman–Crippen LogP) is 2.43. The minimum atomic E-state index is -0.212. The smallest absolute Gasteiger partial charge is 0.106 e. The molecule has 0 saturated heterocycles. The summed E-state index contributed by atoms with van der Waals surface area (Å²) in [5.74, 6) is 0. The Hall–Kier alpha value is -0.410. The molecule has 0 aliphatic heterocycles. The minimum absolute atomic E-state index is 0.195. The maximum atomic E-state index is 6.23. The number of nitrogens with two attached hydrogens (primary N) is 1. The SMILES string of the molecule is CC1(C)CC1(N)c1cccc(Br)n1. The summed E-state index contributed by atoms with van der Waals surface area (Å²) in [6.45, 7) is 4.35. The molecule has 0 radical (unpaired) electrons. The van der Waals surface area contributed by atoms with Crippen LogP contribution in [0.3, 0.4) is 0 Å². The van der Waals surface area contributed by atoms with Crippen LogP contribution in [-0.4, -0.2) is 4.98 Å². The van der Waals surface area contributed by atoms with Gasteiger partial charge in [0.05, 0.1) is 11.2 Å². The van der Waals surface area contributed by atoms with Gasteiger partial charge < -0.3 is 5.73 Å². The summed E-state index contributed by atoms with van der Waals surface area (Å²) in [6, 6.07) is 5.90. The van der Waals surface area contributed by atoms with Crippen molar-refractivity contribution in [1.82, 2.24) is 4.98 Å². The zero-order valence-electron chi connectivity index (χ0n) is 7.84. The van der Waals surface area contributed by atoms with Crippen molar-refractivity contribution in [3.05, 3.63) is 28.5 Å². The maximum absolute atomic E-state index is 6.23. The van der Waals surface area contributed by atoms with Gasteiger partial charge >= 0.3 is 0 Å². The van der Waals surface area contributed by atoms with Crippen LogP contribution in [0.5, 0.6) is 0 Å². The molecule has 1 aliphatic rings. The fourth-order valence-corrected chi connectivity index (χ4v) is 2.09. The Morgan fingerprint density at radius 1 is 1.46 bits per heavy atom. The van der Waals surface area contributed by atoms with E-state index in [1.54, 1.807) is 0 Å². The highest BCUT2D eigenvalue weighted by Gasteiger charge is 2.60. The number of pyridine rings is 1. The lowest BCUT2D eigenvalue weighted by atomic mass is 10.0. The van der Waals surface area contributed by atoms with Crippen molar-refractivity contribution < 1.29 is 0 Å². The molecule has 1 atom stereocenters. The van der Waals surface area contributed by atoms with E-state index >= 15 is 0 Å². The Kier molecular flexibility index (Phi) is 1.79. The van der Waals surface area contributed by atoms with Gasteiger partial charge in [-0.3, -0.25) is 0 Å². The highest BCUT2D eigenvalue weighted by molar-refractivity contribution is 9.10. The number of rotatable bonds is 1. The highest BCUT2D eigenvalue weighted by atomic mass is 79.9. The van der Waals surface area contributed by atoms with Crippen molar-refractivity contribution in [1.29, 1.82) is 0 Å². The first kappa shape index (κ1) is 9.16. The third-order valence-corrected chi connectivity index (χ3v) is 3.42. The van der Waals surface area contributed by atoms with Crippen molar-refractivity contribution in [2.24, 2.45) is 11.1 Å². The summed E-state index contributed by atoms with van der Waals surface area (Å²) < 4.78 is 0.859. The Morgan fingerprint density at radius 3 is 2.54 bits per heavy atom. The van der Waals surface area contributed by atoms with Crippen LogP contribution in [0.15, 0.2) is 22.8 Å². The van der Waals surface area contributed by atoms with Crippen LogP contribution in [0.2, 0.25) is 0 Å². The molecule has 2 N–H and O–H groups in total. The second-order valence-corrected chi connectivity index (χ2v) is 5.19. The summed E-state index contributed by atoms with van der Waals surface area (Å²) in [7, 11) is 0.